The van der Waals surface area contributed by atoms with Crippen molar-refractivity contribution in [2.24, 2.45) is 0 Å². The second kappa shape index (κ2) is 5.76. The number of thiophene rings is 1. The predicted octanol–water partition coefficient (Wildman–Crippen LogP) is 4.28. The molecule has 0 bridgehead atoms. The van der Waals surface area contributed by atoms with E-state index in [0.29, 0.717) is 0 Å². The Balaban J connectivity index is 1.80. The molecule has 0 aliphatic carbocycles. The normalized spacial score (nSPS) is 23.2. The van der Waals surface area contributed by atoms with Gasteiger partial charge in [0.1, 0.15) is 0 Å². The van der Waals surface area contributed by atoms with Gasteiger partial charge in [-0.05, 0) is 36.2 Å². The molecule has 3 rings (SSSR count). The van der Waals surface area contributed by atoms with E-state index in [1.54, 1.807) is 0 Å². The molecule has 0 spiro atoms. The van der Waals surface area contributed by atoms with Crippen molar-refractivity contribution in [2.75, 3.05) is 18.4 Å². The van der Waals surface area contributed by atoms with E-state index >= 15 is 0 Å². The van der Waals surface area contributed by atoms with Crippen LogP contribution in [0.5, 0.6) is 0 Å². The average Bonchev–Trinajstić information content (AvgIpc) is 2.80. The highest BCUT2D eigenvalue weighted by molar-refractivity contribution is 9.09. The number of morpholine rings is 1. The van der Waals surface area contributed by atoms with E-state index in [-0.39, 0.29) is 11.7 Å². The number of rotatable bonds is 3. The zero-order valence-electron chi connectivity index (χ0n) is 11.9. The number of halogens is 1. The van der Waals surface area contributed by atoms with Crippen LogP contribution in [0.1, 0.15) is 19.4 Å². The first kappa shape index (κ1) is 14.5. The molecule has 0 saturated carbocycles. The van der Waals surface area contributed by atoms with Crippen LogP contribution in [-0.2, 0) is 11.3 Å². The molecule has 2 aromatic rings. The summed E-state index contributed by atoms with van der Waals surface area (Å²) in [4.78, 5) is 2.52. The van der Waals surface area contributed by atoms with Crippen LogP contribution in [0.15, 0.2) is 29.6 Å². The van der Waals surface area contributed by atoms with Gasteiger partial charge in [0, 0.05) is 29.7 Å². The summed E-state index contributed by atoms with van der Waals surface area (Å²) in [7, 11) is 0. The van der Waals surface area contributed by atoms with Gasteiger partial charge in [0.15, 0.2) is 0 Å². The highest BCUT2D eigenvalue weighted by Gasteiger charge is 2.32. The lowest BCUT2D eigenvalue weighted by atomic mass is 10.0. The lowest BCUT2D eigenvalue weighted by molar-refractivity contribution is -0.128. The Hall–Kier alpha value is -0.420. The molecule has 1 saturated heterocycles. The number of nitrogens with zero attached hydrogens (tertiary/aromatic N) is 1. The summed E-state index contributed by atoms with van der Waals surface area (Å²) in [5.74, 6) is 0. The first-order valence-corrected chi connectivity index (χ1v) is 8.99. The van der Waals surface area contributed by atoms with E-state index in [0.717, 1.165) is 25.0 Å². The third-order valence-corrected chi connectivity index (χ3v) is 5.41. The van der Waals surface area contributed by atoms with E-state index in [9.17, 15) is 0 Å². The van der Waals surface area contributed by atoms with Crippen LogP contribution in [0.4, 0.5) is 0 Å². The van der Waals surface area contributed by atoms with Crippen LogP contribution in [0, 0.1) is 0 Å². The maximum Gasteiger partial charge on any atom is 0.0806 e. The summed E-state index contributed by atoms with van der Waals surface area (Å²) >= 11 is 5.40. The van der Waals surface area contributed by atoms with Crippen molar-refractivity contribution in [2.45, 2.75) is 32.1 Å². The fourth-order valence-corrected chi connectivity index (χ4v) is 4.30. The van der Waals surface area contributed by atoms with Crippen LogP contribution >= 0.6 is 27.3 Å². The van der Waals surface area contributed by atoms with Crippen molar-refractivity contribution in [3.05, 3.63) is 35.2 Å². The monoisotopic (exact) mass is 353 g/mol. The Morgan fingerprint density at radius 1 is 1.40 bits per heavy atom. The molecule has 0 amide bonds. The topological polar surface area (TPSA) is 12.5 Å². The van der Waals surface area contributed by atoms with Gasteiger partial charge >= 0.3 is 0 Å². The molecule has 0 N–H and O–H groups in total. The fourth-order valence-electron chi connectivity index (χ4n) is 3.01. The maximum absolute atomic E-state index is 6.07. The van der Waals surface area contributed by atoms with Gasteiger partial charge in [-0.1, -0.05) is 34.1 Å². The lowest BCUT2D eigenvalue weighted by Gasteiger charge is -2.42. The van der Waals surface area contributed by atoms with Crippen LogP contribution in [0.2, 0.25) is 0 Å². The van der Waals surface area contributed by atoms with Gasteiger partial charge in [-0.25, -0.2) is 0 Å². The van der Waals surface area contributed by atoms with Crippen LogP contribution in [0.25, 0.3) is 10.1 Å². The second-order valence-corrected chi connectivity index (χ2v) is 7.64. The zero-order valence-corrected chi connectivity index (χ0v) is 14.3. The zero-order chi connectivity index (χ0) is 14.2. The summed E-state index contributed by atoms with van der Waals surface area (Å²) in [6.07, 6.45) is 0.281. The minimum absolute atomic E-state index is 0.0670. The van der Waals surface area contributed by atoms with Gasteiger partial charge in [0.05, 0.1) is 11.7 Å². The van der Waals surface area contributed by atoms with E-state index < -0.39 is 0 Å². The van der Waals surface area contributed by atoms with Gasteiger partial charge < -0.3 is 4.74 Å². The molecule has 2 heterocycles. The third kappa shape index (κ3) is 3.08. The summed E-state index contributed by atoms with van der Waals surface area (Å²) < 4.78 is 7.46. The lowest BCUT2D eigenvalue weighted by Crippen LogP contribution is -2.52. The minimum atomic E-state index is -0.0670. The Morgan fingerprint density at radius 2 is 2.20 bits per heavy atom. The molecule has 0 radical (unpaired) electrons. The quantitative estimate of drug-likeness (QED) is 0.763. The Morgan fingerprint density at radius 3 is 3.00 bits per heavy atom. The highest BCUT2D eigenvalue weighted by atomic mass is 79.9. The SMILES string of the molecule is CC1(C)CN(Cc2csc3ccccc23)CC(CBr)O1. The van der Waals surface area contributed by atoms with E-state index in [2.05, 4.69) is 64.3 Å². The van der Waals surface area contributed by atoms with Crippen LogP contribution < -0.4 is 0 Å². The fraction of sp³-hybridized carbons (Fsp3) is 0.500. The molecule has 20 heavy (non-hydrogen) atoms. The van der Waals surface area contributed by atoms with Crippen molar-refractivity contribution in [1.82, 2.24) is 4.90 Å². The van der Waals surface area contributed by atoms with Gasteiger partial charge in [-0.15, -0.1) is 11.3 Å². The number of fused-ring (bicyclic) bond motifs is 1. The van der Waals surface area contributed by atoms with Crippen molar-refractivity contribution < 1.29 is 4.74 Å². The molecular formula is C16H20BrNOS. The molecule has 2 nitrogen and oxygen atoms in total. The number of hydrogen-bond acceptors (Lipinski definition) is 3. The molecule has 108 valence electrons. The largest absolute Gasteiger partial charge is 0.369 e. The maximum atomic E-state index is 6.07. The van der Waals surface area contributed by atoms with Crippen LogP contribution in [0.3, 0.4) is 0 Å². The second-order valence-electron chi connectivity index (χ2n) is 6.08. The number of ether oxygens (including phenoxy) is 1. The predicted molar refractivity (Wildman–Crippen MR) is 89.8 cm³/mol. The van der Waals surface area contributed by atoms with Crippen molar-refractivity contribution >= 4 is 37.4 Å². The Labute approximate surface area is 132 Å². The summed E-state index contributed by atoms with van der Waals surface area (Å²) in [5, 5.41) is 4.60. The van der Waals surface area contributed by atoms with Gasteiger partial charge in [0.2, 0.25) is 0 Å². The first-order valence-electron chi connectivity index (χ1n) is 6.99. The van der Waals surface area contributed by atoms with Crippen molar-refractivity contribution in [1.29, 1.82) is 0 Å². The summed E-state index contributed by atoms with van der Waals surface area (Å²) in [5.41, 5.74) is 1.37. The number of alkyl halides is 1. The molecule has 1 atom stereocenters. The molecule has 1 aromatic carbocycles. The molecule has 1 aliphatic rings. The minimum Gasteiger partial charge on any atom is -0.369 e. The Kier molecular flexibility index (Phi) is 4.18. The molecule has 1 unspecified atom stereocenters. The highest BCUT2D eigenvalue weighted by Crippen LogP contribution is 2.29. The first-order chi connectivity index (χ1) is 9.57. The third-order valence-electron chi connectivity index (χ3n) is 3.68. The summed E-state index contributed by atoms with van der Waals surface area (Å²) in [6.45, 7) is 7.36. The van der Waals surface area contributed by atoms with E-state index in [4.69, 9.17) is 4.74 Å². The number of hydrogen-bond donors (Lipinski definition) is 0. The van der Waals surface area contributed by atoms with E-state index in [1.165, 1.54) is 15.6 Å². The molecular weight excluding hydrogens is 334 g/mol. The van der Waals surface area contributed by atoms with E-state index in [1.807, 2.05) is 11.3 Å². The molecule has 1 aromatic heterocycles. The molecule has 4 heteroatoms. The van der Waals surface area contributed by atoms with Gasteiger partial charge in [0.25, 0.3) is 0 Å². The van der Waals surface area contributed by atoms with Crippen molar-refractivity contribution in [3.8, 4) is 0 Å². The molecule has 1 fully saturated rings. The van der Waals surface area contributed by atoms with Crippen LogP contribution in [-0.4, -0.2) is 35.0 Å². The average molecular weight is 354 g/mol. The number of benzene rings is 1. The summed E-state index contributed by atoms with van der Waals surface area (Å²) in [6, 6.07) is 8.67. The van der Waals surface area contributed by atoms with Crippen molar-refractivity contribution in [3.63, 3.8) is 0 Å². The smallest absolute Gasteiger partial charge is 0.0806 e. The standard InChI is InChI=1S/C16H20BrNOS/c1-16(2)11-18(9-13(7-17)19-16)8-12-10-20-15-6-4-3-5-14(12)15/h3-6,10,13H,7-9,11H2,1-2H3. The molecule has 1 aliphatic heterocycles. The Bertz CT molecular complexity index is 595. The van der Waals surface area contributed by atoms with Gasteiger partial charge in [-0.3, -0.25) is 4.90 Å². The van der Waals surface area contributed by atoms with Gasteiger partial charge in [-0.2, -0.15) is 0 Å².